The van der Waals surface area contributed by atoms with Gasteiger partial charge in [0.25, 0.3) is 0 Å². The van der Waals surface area contributed by atoms with Crippen LogP contribution in [0.3, 0.4) is 0 Å². The highest BCUT2D eigenvalue weighted by molar-refractivity contribution is 14.1. The van der Waals surface area contributed by atoms with Crippen molar-refractivity contribution in [2.24, 2.45) is 0 Å². The maximum atomic E-state index is 12.1. The first-order valence-electron chi connectivity index (χ1n) is 5.89. The highest BCUT2D eigenvalue weighted by atomic mass is 127. The average molecular weight is 349 g/mol. The van der Waals surface area contributed by atoms with E-state index in [0.29, 0.717) is 6.42 Å². The third-order valence-electron chi connectivity index (χ3n) is 3.23. The van der Waals surface area contributed by atoms with Crippen LogP contribution < -0.4 is 5.32 Å². The molecule has 1 heterocycles. The summed E-state index contributed by atoms with van der Waals surface area (Å²) in [6.45, 7) is 0. The van der Waals surface area contributed by atoms with Gasteiger partial charge in [0.05, 0.1) is 6.04 Å². The van der Waals surface area contributed by atoms with E-state index in [0.717, 1.165) is 11.3 Å². The molecular weight excluding hydrogens is 337 g/mol. The first-order valence-corrected chi connectivity index (χ1v) is 6.97. The SMILES string of the molecule is O=C1CC(c2ccccc2I)Nc2ccccc21. The predicted octanol–water partition coefficient (Wildman–Crippen LogP) is 4.03. The van der Waals surface area contributed by atoms with Crippen molar-refractivity contribution >= 4 is 34.1 Å². The summed E-state index contributed by atoms with van der Waals surface area (Å²) in [5.74, 6) is 0.217. The molecule has 3 heteroatoms. The van der Waals surface area contributed by atoms with Crippen molar-refractivity contribution in [3.63, 3.8) is 0 Å². The smallest absolute Gasteiger partial charge is 0.167 e. The third kappa shape index (κ3) is 2.03. The van der Waals surface area contributed by atoms with Gasteiger partial charge in [-0.2, -0.15) is 0 Å². The van der Waals surface area contributed by atoms with Gasteiger partial charge in [0.15, 0.2) is 5.78 Å². The quantitative estimate of drug-likeness (QED) is 0.788. The lowest BCUT2D eigenvalue weighted by Gasteiger charge is -2.27. The van der Waals surface area contributed by atoms with Gasteiger partial charge in [0, 0.05) is 21.2 Å². The maximum Gasteiger partial charge on any atom is 0.167 e. The fourth-order valence-electron chi connectivity index (χ4n) is 2.33. The molecule has 0 saturated carbocycles. The van der Waals surface area contributed by atoms with Gasteiger partial charge < -0.3 is 5.32 Å². The van der Waals surface area contributed by atoms with E-state index in [1.54, 1.807) is 0 Å². The molecule has 18 heavy (non-hydrogen) atoms. The van der Waals surface area contributed by atoms with E-state index in [-0.39, 0.29) is 11.8 Å². The predicted molar refractivity (Wildman–Crippen MR) is 80.9 cm³/mol. The Morgan fingerprint density at radius 1 is 1.06 bits per heavy atom. The summed E-state index contributed by atoms with van der Waals surface area (Å²) < 4.78 is 1.19. The van der Waals surface area contributed by atoms with Crippen molar-refractivity contribution in [2.45, 2.75) is 12.5 Å². The number of nitrogens with one attached hydrogen (secondary N) is 1. The molecule has 0 fully saturated rings. The lowest BCUT2D eigenvalue weighted by molar-refractivity contribution is 0.0972. The Hall–Kier alpha value is -1.36. The largest absolute Gasteiger partial charge is 0.377 e. The number of hydrogen-bond acceptors (Lipinski definition) is 2. The van der Waals surface area contributed by atoms with E-state index in [2.05, 4.69) is 40.0 Å². The van der Waals surface area contributed by atoms with Crippen LogP contribution in [0.2, 0.25) is 0 Å². The van der Waals surface area contributed by atoms with Crippen LogP contribution in [-0.4, -0.2) is 5.78 Å². The van der Waals surface area contributed by atoms with Gasteiger partial charge in [-0.05, 0) is 46.4 Å². The number of fused-ring (bicyclic) bond motifs is 1. The van der Waals surface area contributed by atoms with Crippen LogP contribution in [0.1, 0.15) is 28.4 Å². The van der Waals surface area contributed by atoms with Gasteiger partial charge in [0.2, 0.25) is 0 Å². The zero-order valence-corrected chi connectivity index (χ0v) is 11.8. The fraction of sp³-hybridized carbons (Fsp3) is 0.133. The molecule has 1 aliphatic heterocycles. The van der Waals surface area contributed by atoms with Crippen molar-refractivity contribution in [1.82, 2.24) is 0 Å². The molecule has 0 spiro atoms. The minimum atomic E-state index is 0.0838. The number of rotatable bonds is 1. The van der Waals surface area contributed by atoms with E-state index < -0.39 is 0 Å². The zero-order valence-electron chi connectivity index (χ0n) is 9.69. The molecule has 0 saturated heterocycles. The van der Waals surface area contributed by atoms with Crippen molar-refractivity contribution in [2.75, 3.05) is 5.32 Å². The molecule has 0 aliphatic carbocycles. The van der Waals surface area contributed by atoms with Gasteiger partial charge in [-0.1, -0.05) is 30.3 Å². The molecule has 1 atom stereocenters. The second-order valence-corrected chi connectivity index (χ2v) is 5.55. The first kappa shape index (κ1) is 11.7. The maximum absolute atomic E-state index is 12.1. The molecule has 0 radical (unpaired) electrons. The van der Waals surface area contributed by atoms with Gasteiger partial charge in [-0.25, -0.2) is 0 Å². The van der Waals surface area contributed by atoms with Crippen LogP contribution in [0.15, 0.2) is 48.5 Å². The lowest BCUT2D eigenvalue weighted by Crippen LogP contribution is -2.23. The average Bonchev–Trinajstić information content (AvgIpc) is 2.39. The number of para-hydroxylation sites is 1. The number of anilines is 1. The molecule has 2 aromatic rings. The number of halogens is 1. The highest BCUT2D eigenvalue weighted by Crippen LogP contribution is 2.33. The molecular formula is C15H12INO. The second kappa shape index (κ2) is 4.72. The van der Waals surface area contributed by atoms with Crippen molar-refractivity contribution in [3.05, 3.63) is 63.2 Å². The third-order valence-corrected chi connectivity index (χ3v) is 4.21. The molecule has 90 valence electrons. The number of benzene rings is 2. The van der Waals surface area contributed by atoms with Crippen molar-refractivity contribution in [1.29, 1.82) is 0 Å². The van der Waals surface area contributed by atoms with Gasteiger partial charge in [-0.3, -0.25) is 4.79 Å². The van der Waals surface area contributed by atoms with E-state index in [4.69, 9.17) is 0 Å². The summed E-state index contributed by atoms with van der Waals surface area (Å²) in [4.78, 5) is 12.1. The van der Waals surface area contributed by atoms with E-state index >= 15 is 0 Å². The molecule has 2 aromatic carbocycles. The van der Waals surface area contributed by atoms with Crippen molar-refractivity contribution in [3.8, 4) is 0 Å². The van der Waals surface area contributed by atoms with Gasteiger partial charge in [-0.15, -0.1) is 0 Å². The summed E-state index contributed by atoms with van der Waals surface area (Å²) >= 11 is 2.32. The molecule has 3 rings (SSSR count). The molecule has 1 unspecified atom stereocenters. The molecule has 2 nitrogen and oxygen atoms in total. The number of hydrogen-bond donors (Lipinski definition) is 1. The zero-order chi connectivity index (χ0) is 12.5. The first-order chi connectivity index (χ1) is 8.75. The minimum Gasteiger partial charge on any atom is -0.377 e. The van der Waals surface area contributed by atoms with Crippen LogP contribution in [0, 0.1) is 3.57 Å². The number of carbonyl (C=O) groups is 1. The standard InChI is InChI=1S/C15H12INO/c16-12-7-3-1-5-10(12)14-9-15(18)11-6-2-4-8-13(11)17-14/h1-8,14,17H,9H2. The Kier molecular flexibility index (Phi) is 3.07. The van der Waals surface area contributed by atoms with Gasteiger partial charge >= 0.3 is 0 Å². The summed E-state index contributed by atoms with van der Waals surface area (Å²) in [5.41, 5.74) is 2.94. The Labute approximate surface area is 120 Å². The van der Waals surface area contributed by atoms with Crippen molar-refractivity contribution < 1.29 is 4.79 Å². The Balaban J connectivity index is 2.00. The Morgan fingerprint density at radius 3 is 2.61 bits per heavy atom. The minimum absolute atomic E-state index is 0.0838. The number of Topliss-reactive ketones (excluding diaryl/α,β-unsaturated/α-hetero) is 1. The van der Waals surface area contributed by atoms with Crippen LogP contribution in [0.5, 0.6) is 0 Å². The summed E-state index contributed by atoms with van der Waals surface area (Å²) in [6, 6.07) is 16.0. The molecule has 0 bridgehead atoms. The van der Waals surface area contributed by atoms with Crippen LogP contribution in [0.4, 0.5) is 5.69 Å². The monoisotopic (exact) mass is 349 g/mol. The molecule has 0 aromatic heterocycles. The normalized spacial score (nSPS) is 18.1. The fourth-order valence-corrected chi connectivity index (χ4v) is 3.09. The molecule has 1 aliphatic rings. The molecule has 1 N–H and O–H groups in total. The van der Waals surface area contributed by atoms with E-state index in [1.165, 1.54) is 9.13 Å². The van der Waals surface area contributed by atoms with E-state index in [1.807, 2.05) is 36.4 Å². The van der Waals surface area contributed by atoms with Crippen LogP contribution in [0.25, 0.3) is 0 Å². The summed E-state index contributed by atoms with van der Waals surface area (Å²) in [7, 11) is 0. The summed E-state index contributed by atoms with van der Waals surface area (Å²) in [5, 5.41) is 3.46. The van der Waals surface area contributed by atoms with Crippen LogP contribution in [-0.2, 0) is 0 Å². The Bertz CT molecular complexity index is 609. The number of carbonyl (C=O) groups excluding carboxylic acids is 1. The number of ketones is 1. The molecule has 0 amide bonds. The lowest BCUT2D eigenvalue weighted by atomic mass is 9.92. The van der Waals surface area contributed by atoms with Gasteiger partial charge in [0.1, 0.15) is 0 Å². The topological polar surface area (TPSA) is 29.1 Å². The van der Waals surface area contributed by atoms with Crippen LogP contribution >= 0.6 is 22.6 Å². The Morgan fingerprint density at radius 2 is 1.78 bits per heavy atom. The summed E-state index contributed by atoms with van der Waals surface area (Å²) in [6.07, 6.45) is 0.525. The van der Waals surface area contributed by atoms with E-state index in [9.17, 15) is 4.79 Å². The second-order valence-electron chi connectivity index (χ2n) is 4.39. The highest BCUT2D eigenvalue weighted by Gasteiger charge is 2.25.